The molecule has 1 heteroatoms. The Balaban J connectivity index is 0.000000578. The second-order valence-corrected chi connectivity index (χ2v) is 6.27. The van der Waals surface area contributed by atoms with E-state index in [0.717, 1.165) is 5.41 Å². The van der Waals surface area contributed by atoms with Crippen LogP contribution in [-0.4, -0.2) is 0 Å². The van der Waals surface area contributed by atoms with Crippen molar-refractivity contribution in [3.8, 4) is 0 Å². The van der Waals surface area contributed by atoms with Crippen molar-refractivity contribution in [2.75, 3.05) is 0 Å². The van der Waals surface area contributed by atoms with Gasteiger partial charge in [0.25, 0.3) is 0 Å². The molecule has 0 heterocycles. The second-order valence-electron chi connectivity index (χ2n) is 6.27. The van der Waals surface area contributed by atoms with Crippen molar-refractivity contribution in [1.29, 1.82) is 0 Å². The van der Waals surface area contributed by atoms with Gasteiger partial charge in [0, 0.05) is 0 Å². The summed E-state index contributed by atoms with van der Waals surface area (Å²) in [6, 6.07) is 0. The van der Waals surface area contributed by atoms with Gasteiger partial charge in [0.05, 0.1) is 0 Å². The molecule has 0 N–H and O–H groups in total. The zero-order chi connectivity index (χ0) is 8.37. The molecule has 6 aliphatic carbocycles. The predicted molar refractivity (Wildman–Crippen MR) is 50.8 cm³/mol. The van der Waals surface area contributed by atoms with Gasteiger partial charge in [-0.15, -0.1) is 5.41 Å². The first-order valence-corrected chi connectivity index (χ1v) is 6.28. The van der Waals surface area contributed by atoms with Crippen molar-refractivity contribution in [2.45, 2.75) is 32.6 Å². The number of hydrogen-bond acceptors (Lipinski definition) is 0. The van der Waals surface area contributed by atoms with E-state index < -0.39 is 0 Å². The molecule has 0 saturated heterocycles. The maximum Gasteiger partial charge on any atom is 1.00 e. The third-order valence-corrected chi connectivity index (χ3v) is 6.33. The average Bonchev–Trinajstić information content (AvgIpc) is 2.90. The van der Waals surface area contributed by atoms with Crippen molar-refractivity contribution in [3.05, 3.63) is 5.92 Å². The molecule has 7 atom stereocenters. The van der Waals surface area contributed by atoms with Crippen molar-refractivity contribution < 1.29 is 18.9 Å². The zero-order valence-electron chi connectivity index (χ0n) is 9.29. The van der Waals surface area contributed by atoms with Crippen LogP contribution in [-0.2, 0) is 0 Å². The van der Waals surface area contributed by atoms with Crippen LogP contribution in [0.5, 0.6) is 0 Å². The summed E-state index contributed by atoms with van der Waals surface area (Å²) in [5.74, 6) is 9.48. The standard InChI is InChI=1S/C13H17.Li/c1-2-3-4-13-10-6-5-7(11(10)13)9-8(6)12(9)13;/h6-11H,2-5H2,1H3;/q-1;+1/t6-,7+,8-,9-,10+,11+,13?;/m1./s1. The minimum atomic E-state index is 0. The monoisotopic (exact) mass is 180 g/mol. The van der Waals surface area contributed by atoms with Gasteiger partial charge in [0.1, 0.15) is 0 Å². The summed E-state index contributed by atoms with van der Waals surface area (Å²) in [4.78, 5) is 0. The molecule has 2 bridgehead atoms. The Bertz CT molecular complexity index is 283. The van der Waals surface area contributed by atoms with Crippen LogP contribution in [0, 0.1) is 46.8 Å². The molecule has 6 aliphatic rings. The summed E-state index contributed by atoms with van der Waals surface area (Å²) < 4.78 is 0. The molecular formula is C13H17Li. The van der Waals surface area contributed by atoms with Gasteiger partial charge in [0.15, 0.2) is 0 Å². The summed E-state index contributed by atoms with van der Waals surface area (Å²) in [6.07, 6.45) is 6.17. The molecule has 0 aromatic rings. The van der Waals surface area contributed by atoms with E-state index >= 15 is 0 Å². The summed E-state index contributed by atoms with van der Waals surface area (Å²) >= 11 is 0. The van der Waals surface area contributed by atoms with Crippen LogP contribution < -0.4 is 18.9 Å². The molecule has 0 nitrogen and oxygen atoms in total. The van der Waals surface area contributed by atoms with Gasteiger partial charge < -0.3 is 5.92 Å². The van der Waals surface area contributed by atoms with E-state index in [1.165, 1.54) is 48.3 Å². The molecule has 0 aromatic carbocycles. The summed E-state index contributed by atoms with van der Waals surface area (Å²) in [5, 5.41) is 0. The van der Waals surface area contributed by atoms with Gasteiger partial charge in [-0.05, 0) is 0 Å². The third kappa shape index (κ3) is 0.548. The van der Waals surface area contributed by atoms with Crippen LogP contribution in [0.1, 0.15) is 32.6 Å². The Hall–Kier alpha value is 0.597. The molecule has 6 fully saturated rings. The average molecular weight is 180 g/mol. The maximum atomic E-state index is 2.35. The summed E-state index contributed by atoms with van der Waals surface area (Å²) in [5.41, 5.74) is 0.916. The number of unbranched alkanes of at least 4 members (excludes halogenated alkanes) is 1. The molecule has 6 rings (SSSR count). The van der Waals surface area contributed by atoms with Crippen molar-refractivity contribution in [2.24, 2.45) is 40.9 Å². The number of hydrogen-bond donors (Lipinski definition) is 0. The smallest absolute Gasteiger partial charge is 0.305 e. The van der Waals surface area contributed by atoms with E-state index in [4.69, 9.17) is 0 Å². The van der Waals surface area contributed by atoms with E-state index in [9.17, 15) is 0 Å². The summed E-state index contributed by atoms with van der Waals surface area (Å²) in [7, 11) is 0. The van der Waals surface area contributed by atoms with Crippen LogP contribution in [0.25, 0.3) is 0 Å². The Labute approximate surface area is 98.4 Å². The van der Waals surface area contributed by atoms with E-state index in [-0.39, 0.29) is 18.9 Å². The maximum absolute atomic E-state index is 2.35. The molecule has 1 unspecified atom stereocenters. The fraction of sp³-hybridized carbons (Fsp3) is 0.923. The molecule has 0 aromatic heterocycles. The second kappa shape index (κ2) is 2.16. The van der Waals surface area contributed by atoms with Crippen molar-refractivity contribution in [3.63, 3.8) is 0 Å². The first-order valence-electron chi connectivity index (χ1n) is 6.28. The van der Waals surface area contributed by atoms with Gasteiger partial charge in [0.2, 0.25) is 0 Å². The van der Waals surface area contributed by atoms with Crippen molar-refractivity contribution in [1.82, 2.24) is 0 Å². The molecular weight excluding hydrogens is 163 g/mol. The molecule has 0 spiro atoms. The van der Waals surface area contributed by atoms with Gasteiger partial charge in [-0.2, -0.15) is 11.8 Å². The first-order chi connectivity index (χ1) is 6.41. The van der Waals surface area contributed by atoms with Crippen LogP contribution in [0.2, 0.25) is 0 Å². The fourth-order valence-corrected chi connectivity index (χ4v) is 6.39. The minimum Gasteiger partial charge on any atom is -0.305 e. The van der Waals surface area contributed by atoms with Gasteiger partial charge in [-0.1, -0.05) is 56.3 Å². The molecule has 0 amide bonds. The predicted octanol–water partition coefficient (Wildman–Crippen LogP) is -0.103. The Kier molecular flexibility index (Phi) is 1.35. The van der Waals surface area contributed by atoms with Crippen LogP contribution in [0.4, 0.5) is 0 Å². The van der Waals surface area contributed by atoms with Crippen LogP contribution >= 0.6 is 0 Å². The van der Waals surface area contributed by atoms with Crippen LogP contribution in [0.15, 0.2) is 0 Å². The summed E-state index contributed by atoms with van der Waals surface area (Å²) in [6.45, 7) is 2.35. The Morgan fingerprint density at radius 2 is 1.86 bits per heavy atom. The number of rotatable bonds is 3. The van der Waals surface area contributed by atoms with E-state index in [1.54, 1.807) is 12.8 Å². The fourth-order valence-electron chi connectivity index (χ4n) is 6.39. The van der Waals surface area contributed by atoms with Gasteiger partial charge in [-0.25, -0.2) is 0 Å². The van der Waals surface area contributed by atoms with E-state index in [2.05, 4.69) is 12.8 Å². The van der Waals surface area contributed by atoms with Gasteiger partial charge >= 0.3 is 18.9 Å². The van der Waals surface area contributed by atoms with Crippen LogP contribution in [0.3, 0.4) is 0 Å². The van der Waals surface area contributed by atoms with Crippen molar-refractivity contribution >= 4 is 0 Å². The molecule has 6 saturated carbocycles. The van der Waals surface area contributed by atoms with E-state index in [1.807, 2.05) is 0 Å². The molecule has 70 valence electrons. The normalized spacial score (nSPS) is 68.4. The SMILES string of the molecule is CCCCC12[C-]3[C@@H]4[C@H]5C[C@@H]([C@@H]34)[C@H]1[C@H]52.[Li+]. The molecule has 0 radical (unpaired) electrons. The van der Waals surface area contributed by atoms with Gasteiger partial charge in [-0.3, -0.25) is 0 Å². The Morgan fingerprint density at radius 3 is 2.29 bits per heavy atom. The zero-order valence-corrected chi connectivity index (χ0v) is 9.29. The topological polar surface area (TPSA) is 0 Å². The largest absolute Gasteiger partial charge is 1.00 e. The first kappa shape index (κ1) is 8.72. The molecule has 0 aliphatic heterocycles. The third-order valence-electron chi connectivity index (χ3n) is 6.33. The minimum absolute atomic E-state index is 0. The Morgan fingerprint density at radius 1 is 1.21 bits per heavy atom. The quantitative estimate of drug-likeness (QED) is 0.420. The van der Waals surface area contributed by atoms with E-state index in [0.29, 0.717) is 0 Å². The molecule has 14 heavy (non-hydrogen) atoms.